The molecule has 6 rings (SSSR count). The Labute approximate surface area is 574 Å². The Morgan fingerprint density at radius 3 is 0.830 bits per heavy atom. The number of ether oxygens (including phenoxy) is 12. The SMILES string of the molecule is COC(=O)C=Cc1ccc(C(=O)OCC(C)(COC(=O)c2ccc(C=CC(=O)OC)cc2)C(=O)Oc2cc(OC(=O)C(C)(COC(=O)c3ccc(C=CC(=O)OC)cc3)COC(=O)c3ccc(C=CC(=O)OC)cc3)cc(C(=O)OCCCCCCOC(=O)c3cc(N)cc(N)c3)c2)cc1. The number of unbranched alkanes of at least 4 members (excludes halogenated alkanes) is 3. The number of carbonyl (C=O) groups is 12. The van der Waals surface area contributed by atoms with E-state index in [1.807, 2.05) is 0 Å². The van der Waals surface area contributed by atoms with Crippen molar-refractivity contribution in [3.63, 3.8) is 0 Å². The Morgan fingerprint density at radius 2 is 0.570 bits per heavy atom. The second-order valence-corrected chi connectivity index (χ2v) is 22.4. The number of benzene rings is 6. The van der Waals surface area contributed by atoms with Crippen molar-refractivity contribution in [1.29, 1.82) is 0 Å². The predicted molar refractivity (Wildman–Crippen MR) is 359 cm³/mol. The van der Waals surface area contributed by atoms with Crippen LogP contribution in [0.25, 0.3) is 24.3 Å². The number of anilines is 2. The summed E-state index contributed by atoms with van der Waals surface area (Å²) in [6.45, 7) is -0.862. The van der Waals surface area contributed by atoms with Crippen LogP contribution in [0, 0.1) is 10.8 Å². The maximum Gasteiger partial charge on any atom is 0.338 e. The lowest BCUT2D eigenvalue weighted by molar-refractivity contribution is -0.150. The van der Waals surface area contributed by atoms with Crippen LogP contribution in [-0.2, 0) is 76.1 Å². The van der Waals surface area contributed by atoms with E-state index >= 15 is 0 Å². The van der Waals surface area contributed by atoms with Gasteiger partial charge in [-0.25, -0.2) is 47.9 Å². The molecule has 0 unspecified atom stereocenters. The molecule has 0 aromatic heterocycles. The molecule has 0 radical (unpaired) electrons. The number of carbonyl (C=O) groups excluding carboxylic acids is 12. The van der Waals surface area contributed by atoms with Crippen LogP contribution in [0.1, 0.15) is 124 Å². The summed E-state index contributed by atoms with van der Waals surface area (Å²) in [5, 5.41) is 0. The average Bonchev–Trinajstić information content (AvgIpc) is 0.815. The molecule has 0 amide bonds. The summed E-state index contributed by atoms with van der Waals surface area (Å²) < 4.78 is 64.0. The summed E-state index contributed by atoms with van der Waals surface area (Å²) in [4.78, 5) is 157. The smallest absolute Gasteiger partial charge is 0.338 e. The van der Waals surface area contributed by atoms with E-state index in [2.05, 4.69) is 18.9 Å². The first-order valence-corrected chi connectivity index (χ1v) is 30.6. The second-order valence-electron chi connectivity index (χ2n) is 22.4. The summed E-state index contributed by atoms with van der Waals surface area (Å²) in [6, 6.07) is 30.6. The number of esters is 12. The Bertz CT molecular complexity index is 3670. The highest BCUT2D eigenvalue weighted by atomic mass is 16.6. The Kier molecular flexibility index (Phi) is 28.9. The zero-order valence-corrected chi connectivity index (χ0v) is 55.3. The molecule has 0 bridgehead atoms. The fourth-order valence-electron chi connectivity index (χ4n) is 8.52. The van der Waals surface area contributed by atoms with Gasteiger partial charge in [0.15, 0.2) is 0 Å². The molecule has 0 aliphatic carbocycles. The van der Waals surface area contributed by atoms with Gasteiger partial charge in [0.05, 0.1) is 75.0 Å². The van der Waals surface area contributed by atoms with Crippen LogP contribution in [0.5, 0.6) is 11.5 Å². The first kappa shape index (κ1) is 76.5. The van der Waals surface area contributed by atoms with Gasteiger partial charge in [0.25, 0.3) is 0 Å². The van der Waals surface area contributed by atoms with E-state index in [4.69, 9.17) is 49.4 Å². The second kappa shape index (κ2) is 37.7. The van der Waals surface area contributed by atoms with Gasteiger partial charge in [-0.2, -0.15) is 0 Å². The first-order valence-electron chi connectivity index (χ1n) is 30.6. The third kappa shape index (κ3) is 24.3. The van der Waals surface area contributed by atoms with Gasteiger partial charge in [-0.15, -0.1) is 0 Å². The van der Waals surface area contributed by atoms with Gasteiger partial charge in [-0.3, -0.25) is 9.59 Å². The molecule has 0 heterocycles. The zero-order valence-electron chi connectivity index (χ0n) is 55.3. The number of nitrogens with two attached hydrogens (primary N) is 2. The molecule has 6 aromatic rings. The largest absolute Gasteiger partial charge is 0.466 e. The highest BCUT2D eigenvalue weighted by molar-refractivity contribution is 5.96. The van der Waals surface area contributed by atoms with E-state index in [-0.39, 0.29) is 46.6 Å². The molecule has 0 spiro atoms. The Hall–Kier alpha value is -12.5. The number of nitrogen functional groups attached to an aromatic ring is 2. The van der Waals surface area contributed by atoms with Crippen LogP contribution in [0.15, 0.2) is 158 Å². The van der Waals surface area contributed by atoms with Crippen LogP contribution in [-0.4, -0.2) is 140 Å². The molecule has 100 heavy (non-hydrogen) atoms. The lowest BCUT2D eigenvalue weighted by Crippen LogP contribution is -2.42. The standard InChI is InChI=1S/C74H72N2O24/c1-73(43-95-65(81)51-23-11-47(12-24-51)19-31-61(77)89-3,44-96-66(82)52-25-13-48(14-26-52)20-32-62(78)90-4)71(87)99-59-39-56(70(86)94-36-10-8-7-9-35-93-69(85)55-37-57(75)41-58(76)38-55)40-60(42-59)100-72(88)74(2,45-97-67(83)53-27-15-49(16-28-53)21-33-63(79)91-5)46-98-68(84)54-29-17-50(18-30-54)22-34-64(80)92-6/h11-34,37-42H,7-10,35-36,43-46,75-76H2,1-6H3. The molecule has 0 saturated heterocycles. The van der Waals surface area contributed by atoms with Crippen LogP contribution in [0.2, 0.25) is 0 Å². The van der Waals surface area contributed by atoms with Crippen molar-refractivity contribution in [1.82, 2.24) is 0 Å². The van der Waals surface area contributed by atoms with E-state index in [1.165, 1.54) is 206 Å². The van der Waals surface area contributed by atoms with Gasteiger partial charge >= 0.3 is 71.6 Å². The maximum absolute atomic E-state index is 14.8. The van der Waals surface area contributed by atoms with Gasteiger partial charge in [0.1, 0.15) is 48.8 Å². The quantitative estimate of drug-likeness (QED) is 0.00966. The van der Waals surface area contributed by atoms with Crippen molar-refractivity contribution in [3.8, 4) is 11.5 Å². The molecular formula is C74H72N2O24. The van der Waals surface area contributed by atoms with Crippen molar-refractivity contribution < 1.29 is 114 Å². The minimum Gasteiger partial charge on any atom is -0.466 e. The first-order chi connectivity index (χ1) is 47.8. The molecule has 6 aromatic carbocycles. The number of rotatable bonds is 33. The lowest BCUT2D eigenvalue weighted by Gasteiger charge is -2.27. The molecule has 0 aliphatic rings. The fourth-order valence-corrected chi connectivity index (χ4v) is 8.52. The molecule has 0 atom stereocenters. The molecule has 0 aliphatic heterocycles. The minimum absolute atomic E-state index is 0.00112. The Morgan fingerprint density at radius 1 is 0.320 bits per heavy atom. The molecular weight excluding hydrogens is 1300 g/mol. The molecule has 0 fully saturated rings. The summed E-state index contributed by atoms with van der Waals surface area (Å²) >= 11 is 0. The summed E-state index contributed by atoms with van der Waals surface area (Å²) in [6.07, 6.45) is 12.2. The molecule has 522 valence electrons. The molecule has 26 nitrogen and oxygen atoms in total. The molecule has 26 heteroatoms. The predicted octanol–water partition coefficient (Wildman–Crippen LogP) is 9.42. The van der Waals surface area contributed by atoms with Crippen molar-refractivity contribution in [2.75, 3.05) is 79.5 Å². The van der Waals surface area contributed by atoms with Crippen molar-refractivity contribution in [2.45, 2.75) is 39.5 Å². The van der Waals surface area contributed by atoms with Crippen LogP contribution in [0.4, 0.5) is 11.4 Å². The summed E-state index contributed by atoms with van der Waals surface area (Å²) in [5.41, 5.74) is 9.91. The molecule has 4 N–H and O–H groups in total. The van der Waals surface area contributed by atoms with Crippen LogP contribution in [0.3, 0.4) is 0 Å². The van der Waals surface area contributed by atoms with Crippen molar-refractivity contribution in [2.24, 2.45) is 10.8 Å². The number of methoxy groups -OCH3 is 4. The van der Waals surface area contributed by atoms with Crippen molar-refractivity contribution in [3.05, 3.63) is 213 Å². The summed E-state index contributed by atoms with van der Waals surface area (Å²) in [7, 11) is 4.82. The normalized spacial score (nSPS) is 12.3. The van der Waals surface area contributed by atoms with Crippen LogP contribution >= 0.6 is 0 Å². The van der Waals surface area contributed by atoms with Gasteiger partial charge in [-0.05, 0) is 165 Å². The van der Waals surface area contributed by atoms with Gasteiger partial charge in [0.2, 0.25) is 0 Å². The van der Waals surface area contributed by atoms with Crippen LogP contribution < -0.4 is 20.9 Å². The molecule has 0 saturated carbocycles. The van der Waals surface area contributed by atoms with Crippen molar-refractivity contribution >= 4 is 107 Å². The van der Waals surface area contributed by atoms with Gasteiger partial charge in [0, 0.05) is 41.7 Å². The fraction of sp³-hybridized carbons (Fsp3) is 0.243. The van der Waals surface area contributed by atoms with E-state index in [1.54, 1.807) is 0 Å². The van der Waals surface area contributed by atoms with E-state index in [9.17, 15) is 57.5 Å². The maximum atomic E-state index is 14.8. The number of hydrogen-bond donors (Lipinski definition) is 2. The highest BCUT2D eigenvalue weighted by Gasteiger charge is 2.42. The summed E-state index contributed by atoms with van der Waals surface area (Å²) in [5.74, 6) is -11.3. The average molecular weight is 1370 g/mol. The Balaban J connectivity index is 1.30. The topological polar surface area (TPSA) is 368 Å². The van der Waals surface area contributed by atoms with E-state index < -0.39 is 120 Å². The number of hydrogen-bond acceptors (Lipinski definition) is 26. The van der Waals surface area contributed by atoms with Gasteiger partial charge < -0.3 is 68.3 Å². The van der Waals surface area contributed by atoms with E-state index in [0.29, 0.717) is 59.3 Å². The highest BCUT2D eigenvalue weighted by Crippen LogP contribution is 2.31. The third-order valence-corrected chi connectivity index (χ3v) is 14.4. The zero-order chi connectivity index (χ0) is 72.8. The monoisotopic (exact) mass is 1370 g/mol. The third-order valence-electron chi connectivity index (χ3n) is 14.4. The van der Waals surface area contributed by atoms with E-state index in [0.717, 1.165) is 18.2 Å². The lowest BCUT2D eigenvalue weighted by atomic mass is 9.93. The van der Waals surface area contributed by atoms with Gasteiger partial charge in [-0.1, -0.05) is 48.5 Å². The minimum atomic E-state index is -2.08.